The van der Waals surface area contributed by atoms with Gasteiger partial charge in [0.1, 0.15) is 12.2 Å². The number of aliphatic hydroxyl groups is 1. The van der Waals surface area contributed by atoms with Crippen LogP contribution in [0.25, 0.3) is 11.2 Å². The first-order valence-corrected chi connectivity index (χ1v) is 21.1. The van der Waals surface area contributed by atoms with E-state index in [4.69, 9.17) is 29.0 Å². The molecule has 1 saturated heterocycles. The number of ether oxygens (including phenoxy) is 3. The third-order valence-electron chi connectivity index (χ3n) is 9.76. The summed E-state index contributed by atoms with van der Waals surface area (Å²) in [7, 11) is -3.01. The molecule has 0 amide bonds. The Morgan fingerprint density at radius 3 is 2.31 bits per heavy atom. The largest absolute Gasteiger partial charge is 0.472 e. The van der Waals surface area contributed by atoms with Crippen molar-refractivity contribution in [2.24, 2.45) is 0 Å². The number of halogens is 1. The second-order valence-corrected chi connectivity index (χ2v) is 15.7. The van der Waals surface area contributed by atoms with Gasteiger partial charge in [-0.25, -0.2) is 13.9 Å². The summed E-state index contributed by atoms with van der Waals surface area (Å²) in [5, 5.41) is 13.7. The van der Waals surface area contributed by atoms with Crippen LogP contribution in [0.2, 0.25) is 0 Å². The molecule has 0 spiro atoms. The van der Waals surface area contributed by atoms with Crippen LogP contribution in [0.5, 0.6) is 0 Å². The van der Waals surface area contributed by atoms with Crippen molar-refractivity contribution in [1.29, 1.82) is 0 Å². The lowest BCUT2D eigenvalue weighted by Gasteiger charge is -2.24. The summed E-state index contributed by atoms with van der Waals surface area (Å²) >= 11 is 0. The van der Waals surface area contributed by atoms with Crippen molar-refractivity contribution in [3.05, 3.63) is 42.2 Å². The zero-order valence-electron chi connectivity index (χ0n) is 32.2. The summed E-state index contributed by atoms with van der Waals surface area (Å²) in [6.45, 7) is 4.62. The van der Waals surface area contributed by atoms with E-state index in [1.807, 2.05) is 30.3 Å². The van der Waals surface area contributed by atoms with E-state index in [2.05, 4.69) is 27.2 Å². The number of alkyl halides is 1. The van der Waals surface area contributed by atoms with E-state index in [-0.39, 0.29) is 18.2 Å². The number of anilines is 2. The third kappa shape index (κ3) is 13.8. The highest BCUT2D eigenvalue weighted by molar-refractivity contribution is 7.47. The van der Waals surface area contributed by atoms with Crippen LogP contribution < -0.4 is 11.1 Å². The molecule has 3 heterocycles. The molecular weight excluding hydrogens is 718 g/mol. The second kappa shape index (κ2) is 22.7. The molecule has 0 radical (unpaired) electrons. The Labute approximate surface area is 319 Å². The van der Waals surface area contributed by atoms with E-state index in [0.29, 0.717) is 24.4 Å². The van der Waals surface area contributed by atoms with Crippen LogP contribution >= 0.6 is 7.82 Å². The van der Waals surface area contributed by atoms with E-state index in [0.717, 1.165) is 70.6 Å². The number of phosphoric ester groups is 1. The molecule has 3 aromatic rings. The number of rotatable bonds is 28. The van der Waals surface area contributed by atoms with Crippen LogP contribution in [0.1, 0.15) is 116 Å². The van der Waals surface area contributed by atoms with Crippen molar-refractivity contribution in [3.8, 4) is 0 Å². The number of hydrogen-bond acceptors (Lipinski definition) is 12. The van der Waals surface area contributed by atoms with Gasteiger partial charge in [0.15, 0.2) is 28.9 Å². The number of fused-ring (bicyclic) bond motifs is 1. The maximum atomic E-state index is 16.0. The average Bonchev–Trinajstić information content (AvgIpc) is 3.67. The fourth-order valence-electron chi connectivity index (χ4n) is 6.56. The molecule has 1 aliphatic heterocycles. The van der Waals surface area contributed by atoms with Crippen LogP contribution in [0, 0.1) is 0 Å². The van der Waals surface area contributed by atoms with Gasteiger partial charge in [0.25, 0.3) is 0 Å². The number of benzene rings is 1. The van der Waals surface area contributed by atoms with Crippen LogP contribution in [0.3, 0.4) is 0 Å². The zero-order chi connectivity index (χ0) is 38.8. The minimum atomic E-state index is -4.64. The first-order valence-electron chi connectivity index (χ1n) is 19.6. The number of aliphatic hydroxyl groups excluding tert-OH is 1. The Morgan fingerprint density at radius 1 is 1.00 bits per heavy atom. The summed E-state index contributed by atoms with van der Waals surface area (Å²) in [6.07, 6.45) is 12.3. The van der Waals surface area contributed by atoms with E-state index >= 15 is 4.39 Å². The van der Waals surface area contributed by atoms with E-state index in [1.165, 1.54) is 49.4 Å². The van der Waals surface area contributed by atoms with Crippen molar-refractivity contribution in [2.75, 3.05) is 44.5 Å². The van der Waals surface area contributed by atoms with Crippen LogP contribution in [0.4, 0.5) is 16.2 Å². The molecule has 1 aliphatic rings. The molecule has 54 heavy (non-hydrogen) atoms. The molecular formula is C38H62FN6O8P. The molecule has 2 aromatic heterocycles. The molecule has 304 valence electrons. The zero-order valence-corrected chi connectivity index (χ0v) is 33.1. The smallest absolute Gasteiger partial charge is 0.387 e. The monoisotopic (exact) mass is 780 g/mol. The highest BCUT2D eigenvalue weighted by atomic mass is 31.2. The minimum Gasteiger partial charge on any atom is -0.387 e. The number of nitrogens with zero attached hydrogens (tertiary/aromatic N) is 4. The topological polar surface area (TPSA) is 185 Å². The summed E-state index contributed by atoms with van der Waals surface area (Å²) in [4.78, 5) is 23.1. The Hall–Kier alpha value is -2.75. The van der Waals surface area contributed by atoms with Gasteiger partial charge in [-0.05, 0) is 31.7 Å². The van der Waals surface area contributed by atoms with E-state index in [1.54, 1.807) is 7.05 Å². The van der Waals surface area contributed by atoms with Crippen molar-refractivity contribution < 1.29 is 42.2 Å². The Kier molecular flexibility index (Phi) is 18.5. The summed E-state index contributed by atoms with van der Waals surface area (Å²) < 4.78 is 58.6. The number of nitrogens with one attached hydrogen (secondary N) is 1. The van der Waals surface area contributed by atoms with Crippen LogP contribution in [0.15, 0.2) is 36.7 Å². The van der Waals surface area contributed by atoms with Gasteiger partial charge in [0, 0.05) is 20.3 Å². The van der Waals surface area contributed by atoms with Gasteiger partial charge in [0.05, 0.1) is 32.3 Å². The van der Waals surface area contributed by atoms with Gasteiger partial charge in [-0.3, -0.25) is 13.6 Å². The van der Waals surface area contributed by atoms with Gasteiger partial charge >= 0.3 is 7.82 Å². The molecule has 0 bridgehead atoms. The number of aromatic nitrogens is 4. The molecule has 0 saturated carbocycles. The van der Waals surface area contributed by atoms with Gasteiger partial charge in [-0.1, -0.05) is 108 Å². The van der Waals surface area contributed by atoms with Crippen molar-refractivity contribution in [1.82, 2.24) is 19.5 Å². The average molecular weight is 781 g/mol. The Balaban J connectivity index is 1.19. The second-order valence-electron chi connectivity index (χ2n) is 14.2. The summed E-state index contributed by atoms with van der Waals surface area (Å²) in [5.41, 5.74) is 4.97. The van der Waals surface area contributed by atoms with Crippen molar-refractivity contribution in [3.63, 3.8) is 0 Å². The first-order chi connectivity index (χ1) is 26.1. The Bertz CT molecular complexity index is 1550. The normalized spacial score (nSPS) is 21.8. The highest BCUT2D eigenvalue weighted by Gasteiger charge is 2.56. The number of imidazole rings is 1. The number of nitrogen functional groups attached to an aromatic ring is 1. The standard InChI is InChI=1S/C38H62FN6O8P/c1-4-5-6-7-12-18-23-49-24-19-13-10-8-9-11-17-22-30(50-25-29-20-15-14-16-21-29)26-51-54(47,48)52-27-31-33(46)38(2,39)36(53-31)45-28-42-32-34(41-3)43-37(40)44-35(32)45/h14-16,20-21,28,30-31,33,36,46H,4-13,17-19,22-27H2,1-3H3,(H,47,48)(H3,40,41,43,44)/t30-,31-,33?,36-,38-/m1/s1. The molecule has 1 fully saturated rings. The van der Waals surface area contributed by atoms with Gasteiger partial charge in [-0.2, -0.15) is 9.97 Å². The molecule has 2 unspecified atom stereocenters. The maximum Gasteiger partial charge on any atom is 0.472 e. The number of nitrogens with two attached hydrogens (primary N) is 1. The number of hydrogen-bond donors (Lipinski definition) is 4. The number of phosphoric acid groups is 1. The van der Waals surface area contributed by atoms with Crippen molar-refractivity contribution >= 4 is 30.8 Å². The summed E-state index contributed by atoms with van der Waals surface area (Å²) in [5.74, 6) is 0.271. The third-order valence-corrected chi connectivity index (χ3v) is 10.7. The fourth-order valence-corrected chi connectivity index (χ4v) is 7.33. The van der Waals surface area contributed by atoms with E-state index < -0.39 is 44.6 Å². The quantitative estimate of drug-likeness (QED) is 0.0416. The molecule has 5 N–H and O–H groups in total. The minimum absolute atomic E-state index is 0.0669. The highest BCUT2D eigenvalue weighted by Crippen LogP contribution is 2.47. The van der Waals surface area contributed by atoms with Crippen LogP contribution in [-0.4, -0.2) is 87.0 Å². The summed E-state index contributed by atoms with van der Waals surface area (Å²) in [6, 6.07) is 9.67. The first kappa shape index (κ1) is 44.0. The van der Waals surface area contributed by atoms with Crippen LogP contribution in [-0.2, 0) is 34.4 Å². The molecule has 0 aliphatic carbocycles. The molecule has 6 atom stereocenters. The lowest BCUT2D eigenvalue weighted by Crippen LogP contribution is -2.40. The van der Waals surface area contributed by atoms with Gasteiger partial charge in [-0.15, -0.1) is 0 Å². The lowest BCUT2D eigenvalue weighted by molar-refractivity contribution is -0.0585. The Morgan fingerprint density at radius 2 is 1.65 bits per heavy atom. The molecule has 1 aromatic carbocycles. The number of unbranched alkanes of at least 4 members (excludes halogenated alkanes) is 11. The predicted molar refractivity (Wildman–Crippen MR) is 207 cm³/mol. The lowest BCUT2D eigenvalue weighted by atomic mass is 9.98. The predicted octanol–water partition coefficient (Wildman–Crippen LogP) is 7.65. The van der Waals surface area contributed by atoms with Crippen molar-refractivity contribution in [2.45, 2.75) is 141 Å². The fraction of sp³-hybridized carbons (Fsp3) is 0.711. The van der Waals surface area contributed by atoms with E-state index in [9.17, 15) is 14.6 Å². The van der Waals surface area contributed by atoms with Gasteiger partial charge < -0.3 is 35.3 Å². The molecule has 16 heteroatoms. The molecule has 4 rings (SSSR count). The SMILES string of the molecule is CCCCCCCCOCCCCCCCCC[C@H](COP(=O)(O)OC[C@H]1O[C@@H](n2cnc3c(NC)nc(N)nc32)[C@](C)(F)C1O)OCc1ccccc1. The maximum absolute atomic E-state index is 16.0. The van der Waals surface area contributed by atoms with Gasteiger partial charge in [0.2, 0.25) is 5.95 Å². The molecule has 14 nitrogen and oxygen atoms in total.